The van der Waals surface area contributed by atoms with Crippen molar-refractivity contribution in [1.82, 2.24) is 10.3 Å². The fraction of sp³-hybridized carbons (Fsp3) is 0.357. The van der Waals surface area contributed by atoms with Crippen LogP contribution < -0.4 is 5.32 Å². The van der Waals surface area contributed by atoms with Crippen LogP contribution in [0.5, 0.6) is 0 Å². The van der Waals surface area contributed by atoms with Gasteiger partial charge in [0.1, 0.15) is 11.6 Å². The van der Waals surface area contributed by atoms with E-state index in [2.05, 4.69) is 10.3 Å². The van der Waals surface area contributed by atoms with Gasteiger partial charge in [0.25, 0.3) is 0 Å². The predicted octanol–water partition coefficient (Wildman–Crippen LogP) is 3.28. The summed E-state index contributed by atoms with van der Waals surface area (Å²) in [7, 11) is 0. The zero-order chi connectivity index (χ0) is 13.1. The molecule has 3 nitrogen and oxygen atoms in total. The van der Waals surface area contributed by atoms with Crippen molar-refractivity contribution in [2.24, 2.45) is 0 Å². The summed E-state index contributed by atoms with van der Waals surface area (Å²) >= 11 is 0. The highest BCUT2D eigenvalue weighted by atomic mass is 19.1. The van der Waals surface area contributed by atoms with Crippen molar-refractivity contribution in [1.29, 1.82) is 0 Å². The van der Waals surface area contributed by atoms with Crippen LogP contribution in [-0.4, -0.2) is 4.98 Å². The quantitative estimate of drug-likeness (QED) is 0.902. The first-order chi connectivity index (χ1) is 8.56. The maximum absolute atomic E-state index is 12.8. The third-order valence-electron chi connectivity index (χ3n) is 3.00. The number of oxazole rings is 1. The standard InChI is InChI=1S/C14H17FN2O/c1-9-11(3)18-14(17-9)8-16-10(2)12-4-6-13(15)7-5-12/h4-7,10,16H,8H2,1-3H3. The SMILES string of the molecule is Cc1nc(CNC(C)c2ccc(F)cc2)oc1C. The van der Waals surface area contributed by atoms with Crippen molar-refractivity contribution < 1.29 is 8.81 Å². The van der Waals surface area contributed by atoms with E-state index in [9.17, 15) is 4.39 Å². The topological polar surface area (TPSA) is 38.1 Å². The van der Waals surface area contributed by atoms with Crippen LogP contribution >= 0.6 is 0 Å². The van der Waals surface area contributed by atoms with Gasteiger partial charge < -0.3 is 9.73 Å². The van der Waals surface area contributed by atoms with Gasteiger partial charge in [0.2, 0.25) is 5.89 Å². The van der Waals surface area contributed by atoms with Gasteiger partial charge >= 0.3 is 0 Å². The average molecular weight is 248 g/mol. The highest BCUT2D eigenvalue weighted by Gasteiger charge is 2.09. The first-order valence-electron chi connectivity index (χ1n) is 5.98. The molecule has 0 aliphatic rings. The van der Waals surface area contributed by atoms with E-state index >= 15 is 0 Å². The Labute approximate surface area is 106 Å². The minimum Gasteiger partial charge on any atom is -0.444 e. The van der Waals surface area contributed by atoms with Crippen LogP contribution in [0.15, 0.2) is 28.7 Å². The maximum Gasteiger partial charge on any atom is 0.208 e. The van der Waals surface area contributed by atoms with Crippen molar-refractivity contribution in [3.05, 3.63) is 53.0 Å². The van der Waals surface area contributed by atoms with Crippen molar-refractivity contribution in [3.63, 3.8) is 0 Å². The Morgan fingerprint density at radius 2 is 1.94 bits per heavy atom. The fourth-order valence-electron chi connectivity index (χ4n) is 1.72. The number of aryl methyl sites for hydroxylation is 2. The number of benzene rings is 1. The Morgan fingerprint density at radius 3 is 2.50 bits per heavy atom. The maximum atomic E-state index is 12.8. The molecule has 0 bridgehead atoms. The summed E-state index contributed by atoms with van der Waals surface area (Å²) in [6, 6.07) is 6.61. The lowest BCUT2D eigenvalue weighted by Gasteiger charge is -2.12. The molecule has 0 saturated heterocycles. The molecule has 0 spiro atoms. The van der Waals surface area contributed by atoms with E-state index in [1.807, 2.05) is 20.8 Å². The number of rotatable bonds is 4. The molecular formula is C14H17FN2O. The second-order valence-electron chi connectivity index (χ2n) is 4.40. The van der Waals surface area contributed by atoms with E-state index in [-0.39, 0.29) is 11.9 Å². The van der Waals surface area contributed by atoms with Crippen LogP contribution in [0.2, 0.25) is 0 Å². The average Bonchev–Trinajstić information content (AvgIpc) is 2.67. The van der Waals surface area contributed by atoms with Gasteiger partial charge in [-0.05, 0) is 38.5 Å². The van der Waals surface area contributed by atoms with Gasteiger partial charge in [-0.25, -0.2) is 9.37 Å². The number of halogens is 1. The first-order valence-corrected chi connectivity index (χ1v) is 5.98. The van der Waals surface area contributed by atoms with E-state index in [1.165, 1.54) is 12.1 Å². The molecule has 2 rings (SSSR count). The van der Waals surface area contributed by atoms with Gasteiger partial charge in [0.05, 0.1) is 12.2 Å². The summed E-state index contributed by atoms with van der Waals surface area (Å²) in [5.41, 5.74) is 1.96. The summed E-state index contributed by atoms with van der Waals surface area (Å²) in [4.78, 5) is 4.30. The lowest BCUT2D eigenvalue weighted by atomic mass is 10.1. The number of nitrogens with zero attached hydrogens (tertiary/aromatic N) is 1. The van der Waals surface area contributed by atoms with Crippen molar-refractivity contribution in [2.75, 3.05) is 0 Å². The minimum atomic E-state index is -0.218. The van der Waals surface area contributed by atoms with Crippen molar-refractivity contribution in [2.45, 2.75) is 33.4 Å². The lowest BCUT2D eigenvalue weighted by molar-refractivity contribution is 0.432. The number of nitrogens with one attached hydrogen (secondary N) is 1. The highest BCUT2D eigenvalue weighted by Crippen LogP contribution is 2.14. The van der Waals surface area contributed by atoms with Gasteiger partial charge in [-0.15, -0.1) is 0 Å². The fourth-order valence-corrected chi connectivity index (χ4v) is 1.72. The molecule has 0 aliphatic carbocycles. The number of hydrogen-bond acceptors (Lipinski definition) is 3. The number of hydrogen-bond donors (Lipinski definition) is 1. The van der Waals surface area contributed by atoms with E-state index in [1.54, 1.807) is 12.1 Å². The minimum absolute atomic E-state index is 0.123. The van der Waals surface area contributed by atoms with E-state index in [0.717, 1.165) is 17.0 Å². The van der Waals surface area contributed by atoms with Crippen molar-refractivity contribution in [3.8, 4) is 0 Å². The Morgan fingerprint density at radius 1 is 1.28 bits per heavy atom. The van der Waals surface area contributed by atoms with Crippen LogP contribution in [0.3, 0.4) is 0 Å². The third-order valence-corrected chi connectivity index (χ3v) is 3.00. The van der Waals surface area contributed by atoms with Gasteiger partial charge in [0, 0.05) is 6.04 Å². The molecule has 1 heterocycles. The molecule has 0 radical (unpaired) electrons. The summed E-state index contributed by atoms with van der Waals surface area (Å²) in [6.07, 6.45) is 0. The smallest absolute Gasteiger partial charge is 0.208 e. The Hall–Kier alpha value is -1.68. The van der Waals surface area contributed by atoms with Gasteiger partial charge in [-0.2, -0.15) is 0 Å². The molecule has 1 N–H and O–H groups in total. The molecule has 1 atom stereocenters. The van der Waals surface area contributed by atoms with Crippen LogP contribution in [0.1, 0.15) is 35.9 Å². The van der Waals surface area contributed by atoms with Crippen LogP contribution in [0, 0.1) is 19.7 Å². The first kappa shape index (κ1) is 12.8. The third kappa shape index (κ3) is 2.96. The molecule has 96 valence electrons. The van der Waals surface area contributed by atoms with Gasteiger partial charge in [0.15, 0.2) is 0 Å². The van der Waals surface area contributed by atoms with Crippen LogP contribution in [0.25, 0.3) is 0 Å². The molecule has 0 saturated carbocycles. The molecule has 18 heavy (non-hydrogen) atoms. The van der Waals surface area contributed by atoms with Crippen LogP contribution in [-0.2, 0) is 6.54 Å². The molecule has 0 aliphatic heterocycles. The molecule has 1 aromatic heterocycles. The molecule has 1 aromatic carbocycles. The summed E-state index contributed by atoms with van der Waals surface area (Å²) in [5.74, 6) is 1.31. The monoisotopic (exact) mass is 248 g/mol. The molecular weight excluding hydrogens is 231 g/mol. The zero-order valence-electron chi connectivity index (χ0n) is 10.8. The molecule has 1 unspecified atom stereocenters. The Kier molecular flexibility index (Phi) is 3.77. The highest BCUT2D eigenvalue weighted by molar-refractivity contribution is 5.19. The molecule has 0 fully saturated rings. The summed E-state index contributed by atoms with van der Waals surface area (Å²) in [6.45, 7) is 6.41. The second-order valence-corrected chi connectivity index (χ2v) is 4.40. The summed E-state index contributed by atoms with van der Waals surface area (Å²) < 4.78 is 18.3. The molecule has 0 amide bonds. The van der Waals surface area contributed by atoms with E-state index < -0.39 is 0 Å². The molecule has 2 aromatic rings. The number of aromatic nitrogens is 1. The second kappa shape index (κ2) is 5.31. The van der Waals surface area contributed by atoms with Gasteiger partial charge in [-0.1, -0.05) is 12.1 Å². The Balaban J connectivity index is 1.95. The van der Waals surface area contributed by atoms with E-state index in [4.69, 9.17) is 4.42 Å². The van der Waals surface area contributed by atoms with Gasteiger partial charge in [-0.3, -0.25) is 0 Å². The summed E-state index contributed by atoms with van der Waals surface area (Å²) in [5, 5.41) is 3.30. The zero-order valence-corrected chi connectivity index (χ0v) is 10.8. The Bertz CT molecular complexity index is 500. The van der Waals surface area contributed by atoms with E-state index in [0.29, 0.717) is 12.4 Å². The predicted molar refractivity (Wildman–Crippen MR) is 67.6 cm³/mol. The normalized spacial score (nSPS) is 12.7. The lowest BCUT2D eigenvalue weighted by Crippen LogP contribution is -2.18. The van der Waals surface area contributed by atoms with Crippen molar-refractivity contribution >= 4 is 0 Å². The largest absolute Gasteiger partial charge is 0.444 e. The van der Waals surface area contributed by atoms with Crippen LogP contribution in [0.4, 0.5) is 4.39 Å². The molecule has 4 heteroatoms.